The van der Waals surface area contributed by atoms with Crippen LogP contribution in [0.15, 0.2) is 29.7 Å². The number of pyridine rings is 1. The molecule has 3 aromatic heterocycles. The number of nitrogens with zero attached hydrogens (tertiary/aromatic N) is 5. The van der Waals surface area contributed by atoms with Crippen LogP contribution in [0.2, 0.25) is 0 Å². The second kappa shape index (κ2) is 8.93. The Hall–Kier alpha value is -2.79. The van der Waals surface area contributed by atoms with Crippen LogP contribution in [0.5, 0.6) is 0 Å². The van der Waals surface area contributed by atoms with E-state index in [-0.39, 0.29) is 18.3 Å². The number of thiazole rings is 1. The van der Waals surface area contributed by atoms with Gasteiger partial charge in [0, 0.05) is 25.0 Å². The molecule has 3 heterocycles. The zero-order valence-corrected chi connectivity index (χ0v) is 17.1. The number of nitrogens with one attached hydrogen (secondary N) is 1. The molecule has 0 aliphatic heterocycles. The predicted octanol–water partition coefficient (Wildman–Crippen LogP) is 2.55. The highest BCUT2D eigenvalue weighted by Crippen LogP contribution is 2.25. The minimum Gasteiger partial charge on any atom is -0.462 e. The Morgan fingerprint density at radius 3 is 2.89 bits per heavy atom. The number of aromatic nitrogens is 5. The molecule has 0 fully saturated rings. The van der Waals surface area contributed by atoms with Gasteiger partial charge in [-0.15, -0.1) is 10.2 Å². The van der Waals surface area contributed by atoms with E-state index in [1.54, 1.807) is 30.8 Å². The van der Waals surface area contributed by atoms with Crippen molar-refractivity contribution in [3.63, 3.8) is 0 Å². The summed E-state index contributed by atoms with van der Waals surface area (Å²) in [5.41, 5.74) is 1.37. The van der Waals surface area contributed by atoms with Crippen molar-refractivity contribution in [3.05, 3.63) is 35.1 Å². The van der Waals surface area contributed by atoms with Crippen LogP contribution in [0.4, 0.5) is 5.13 Å². The van der Waals surface area contributed by atoms with E-state index < -0.39 is 5.97 Å². The lowest BCUT2D eigenvalue weighted by molar-refractivity contribution is -0.113. The number of ether oxygens (including phenoxy) is 1. The lowest BCUT2D eigenvalue weighted by atomic mass is 10.3. The molecule has 0 unspecified atom stereocenters. The van der Waals surface area contributed by atoms with E-state index in [9.17, 15) is 9.59 Å². The number of rotatable bonds is 7. The Morgan fingerprint density at radius 1 is 1.36 bits per heavy atom. The average Bonchev–Trinajstić information content (AvgIpc) is 3.23. The number of anilines is 1. The zero-order valence-electron chi connectivity index (χ0n) is 15.5. The van der Waals surface area contributed by atoms with Gasteiger partial charge < -0.3 is 14.6 Å². The van der Waals surface area contributed by atoms with Gasteiger partial charge in [0.25, 0.3) is 0 Å². The summed E-state index contributed by atoms with van der Waals surface area (Å²) in [6.45, 7) is 3.72. The molecule has 0 atom stereocenters. The molecule has 0 spiro atoms. The first kappa shape index (κ1) is 20.0. The molecule has 0 radical (unpaired) electrons. The Balaban J connectivity index is 1.60. The molecule has 0 saturated carbocycles. The van der Waals surface area contributed by atoms with Crippen molar-refractivity contribution in [3.8, 4) is 11.4 Å². The van der Waals surface area contributed by atoms with Gasteiger partial charge in [-0.25, -0.2) is 9.78 Å². The maximum Gasteiger partial charge on any atom is 0.350 e. The molecule has 0 aliphatic carbocycles. The second-order valence-electron chi connectivity index (χ2n) is 5.60. The third kappa shape index (κ3) is 4.54. The highest BCUT2D eigenvalue weighted by Gasteiger charge is 2.18. The third-order valence-electron chi connectivity index (χ3n) is 3.59. The van der Waals surface area contributed by atoms with E-state index in [4.69, 9.17) is 4.74 Å². The lowest BCUT2D eigenvalue weighted by Gasteiger charge is -2.03. The SMILES string of the molecule is CCOC(=O)c1sc(NC(=O)CSc2nnc(-c3cccnc3)n2C)nc1C. The van der Waals surface area contributed by atoms with Crippen LogP contribution in [-0.2, 0) is 16.6 Å². The molecule has 0 aromatic carbocycles. The Morgan fingerprint density at radius 2 is 2.18 bits per heavy atom. The minimum absolute atomic E-state index is 0.131. The monoisotopic (exact) mass is 418 g/mol. The largest absolute Gasteiger partial charge is 0.462 e. The zero-order chi connectivity index (χ0) is 20.1. The van der Waals surface area contributed by atoms with Gasteiger partial charge in [-0.3, -0.25) is 9.78 Å². The summed E-state index contributed by atoms with van der Waals surface area (Å²) in [6.07, 6.45) is 3.39. The van der Waals surface area contributed by atoms with E-state index in [0.29, 0.717) is 26.7 Å². The summed E-state index contributed by atoms with van der Waals surface area (Å²) in [5, 5.41) is 12.0. The number of esters is 1. The normalized spacial score (nSPS) is 10.7. The van der Waals surface area contributed by atoms with Crippen molar-refractivity contribution < 1.29 is 14.3 Å². The molecule has 3 aromatic rings. The van der Waals surface area contributed by atoms with Crippen LogP contribution < -0.4 is 5.32 Å². The highest BCUT2D eigenvalue weighted by atomic mass is 32.2. The number of aryl methyl sites for hydroxylation is 1. The third-order valence-corrected chi connectivity index (χ3v) is 5.66. The summed E-state index contributed by atoms with van der Waals surface area (Å²) in [5.74, 6) is 0.118. The van der Waals surface area contributed by atoms with E-state index >= 15 is 0 Å². The highest BCUT2D eigenvalue weighted by molar-refractivity contribution is 7.99. The summed E-state index contributed by atoms with van der Waals surface area (Å²) in [7, 11) is 1.83. The number of thioether (sulfide) groups is 1. The fraction of sp³-hybridized carbons (Fsp3) is 0.294. The van der Waals surface area contributed by atoms with Gasteiger partial charge in [-0.05, 0) is 26.0 Å². The smallest absolute Gasteiger partial charge is 0.350 e. The van der Waals surface area contributed by atoms with E-state index in [2.05, 4.69) is 25.5 Å². The Kier molecular flexibility index (Phi) is 6.37. The lowest BCUT2D eigenvalue weighted by Crippen LogP contribution is -2.14. The van der Waals surface area contributed by atoms with Crippen molar-refractivity contribution in [2.75, 3.05) is 17.7 Å². The number of amides is 1. The quantitative estimate of drug-likeness (QED) is 0.460. The molecule has 28 heavy (non-hydrogen) atoms. The molecule has 11 heteroatoms. The Labute approximate surface area is 169 Å². The molecular weight excluding hydrogens is 400 g/mol. The first-order chi connectivity index (χ1) is 13.5. The number of hydrogen-bond donors (Lipinski definition) is 1. The van der Waals surface area contributed by atoms with Crippen molar-refractivity contribution >= 4 is 40.1 Å². The molecule has 9 nitrogen and oxygen atoms in total. The fourth-order valence-electron chi connectivity index (χ4n) is 2.31. The van der Waals surface area contributed by atoms with Gasteiger partial charge in [0.1, 0.15) is 4.88 Å². The summed E-state index contributed by atoms with van der Waals surface area (Å²) in [4.78, 5) is 32.8. The van der Waals surface area contributed by atoms with Crippen molar-refractivity contribution in [1.82, 2.24) is 24.7 Å². The summed E-state index contributed by atoms with van der Waals surface area (Å²) < 4.78 is 6.78. The maximum absolute atomic E-state index is 12.2. The standard InChI is InChI=1S/C17H18N6O3S2/c1-4-26-15(25)13-10(2)19-16(28-13)20-12(24)9-27-17-22-21-14(23(17)3)11-6-5-7-18-8-11/h5-8H,4,9H2,1-3H3,(H,19,20,24). The van der Waals surface area contributed by atoms with Gasteiger partial charge in [0.15, 0.2) is 16.1 Å². The van der Waals surface area contributed by atoms with Gasteiger partial charge in [-0.1, -0.05) is 23.1 Å². The van der Waals surface area contributed by atoms with Crippen LogP contribution in [0, 0.1) is 6.92 Å². The Bertz CT molecular complexity index is 986. The average molecular weight is 419 g/mol. The first-order valence-electron chi connectivity index (χ1n) is 8.36. The van der Waals surface area contributed by atoms with Gasteiger partial charge in [0.2, 0.25) is 5.91 Å². The number of carbonyl (C=O) groups excluding carboxylic acids is 2. The molecule has 1 N–H and O–H groups in total. The van der Waals surface area contributed by atoms with Gasteiger partial charge in [0.05, 0.1) is 18.1 Å². The van der Waals surface area contributed by atoms with Crippen LogP contribution in [0.25, 0.3) is 11.4 Å². The van der Waals surface area contributed by atoms with E-state index in [0.717, 1.165) is 16.9 Å². The maximum atomic E-state index is 12.2. The van der Waals surface area contributed by atoms with Gasteiger partial charge in [-0.2, -0.15) is 0 Å². The van der Waals surface area contributed by atoms with E-state index in [1.807, 2.05) is 19.2 Å². The number of carbonyl (C=O) groups is 2. The van der Waals surface area contributed by atoms with E-state index in [1.165, 1.54) is 11.8 Å². The van der Waals surface area contributed by atoms with Crippen LogP contribution in [0.3, 0.4) is 0 Å². The summed E-state index contributed by atoms with van der Waals surface area (Å²) in [6, 6.07) is 3.72. The predicted molar refractivity (Wildman–Crippen MR) is 106 cm³/mol. The molecular formula is C17H18N6O3S2. The fourth-order valence-corrected chi connectivity index (χ4v) is 3.90. The first-order valence-corrected chi connectivity index (χ1v) is 10.2. The van der Waals surface area contributed by atoms with Crippen LogP contribution in [0.1, 0.15) is 22.3 Å². The van der Waals surface area contributed by atoms with Gasteiger partial charge >= 0.3 is 5.97 Å². The molecule has 3 rings (SSSR count). The van der Waals surface area contributed by atoms with Crippen molar-refractivity contribution in [1.29, 1.82) is 0 Å². The molecule has 1 amide bonds. The molecule has 146 valence electrons. The van der Waals surface area contributed by atoms with Crippen molar-refractivity contribution in [2.45, 2.75) is 19.0 Å². The molecule has 0 aliphatic rings. The van der Waals surface area contributed by atoms with Crippen molar-refractivity contribution in [2.24, 2.45) is 7.05 Å². The molecule has 0 bridgehead atoms. The number of hydrogen-bond acceptors (Lipinski definition) is 9. The topological polar surface area (TPSA) is 112 Å². The minimum atomic E-state index is -0.436. The van der Waals surface area contributed by atoms with Crippen LogP contribution in [-0.4, -0.2) is 49.0 Å². The van der Waals surface area contributed by atoms with Crippen LogP contribution >= 0.6 is 23.1 Å². The summed E-state index contributed by atoms with van der Waals surface area (Å²) >= 11 is 2.35. The second-order valence-corrected chi connectivity index (χ2v) is 7.54. The molecule has 0 saturated heterocycles.